The predicted molar refractivity (Wildman–Crippen MR) is 109 cm³/mol. The second kappa shape index (κ2) is 9.11. The third-order valence-electron chi connectivity index (χ3n) is 4.74. The van der Waals surface area contributed by atoms with Gasteiger partial charge in [-0.05, 0) is 55.8 Å². The molecule has 0 spiro atoms. The molecule has 156 valence electrons. The van der Waals surface area contributed by atoms with Gasteiger partial charge in [-0.1, -0.05) is 11.6 Å². The van der Waals surface area contributed by atoms with Gasteiger partial charge in [0.2, 0.25) is 0 Å². The van der Waals surface area contributed by atoms with Gasteiger partial charge in [-0.2, -0.15) is 0 Å². The maximum absolute atomic E-state index is 13.1. The molecule has 0 saturated carbocycles. The van der Waals surface area contributed by atoms with Crippen molar-refractivity contribution in [2.45, 2.75) is 18.2 Å². The summed E-state index contributed by atoms with van der Waals surface area (Å²) in [6.45, 7) is 4.22. The lowest BCUT2D eigenvalue weighted by Crippen LogP contribution is -2.35. The molecule has 2 aromatic rings. The van der Waals surface area contributed by atoms with E-state index in [1.54, 1.807) is 4.90 Å². The Morgan fingerprint density at radius 2 is 2.00 bits per heavy atom. The summed E-state index contributed by atoms with van der Waals surface area (Å²) in [7, 11) is -4.06. The standard InChI is InChI=1S/C20H22ClFN2O4S/c1-2-24(12-14-9-10-28-13-14)20(25)15-3-8-18(21)19(11-15)29(26,27)23-17-6-4-16(22)5-7-17/h3-8,11,14,23H,2,9-10,12-13H2,1H3. The van der Waals surface area contributed by atoms with Gasteiger partial charge in [0, 0.05) is 36.9 Å². The molecule has 0 aromatic heterocycles. The number of rotatable bonds is 7. The number of nitrogens with one attached hydrogen (secondary N) is 1. The Balaban J connectivity index is 1.84. The first kappa shape index (κ1) is 21.5. The maximum Gasteiger partial charge on any atom is 0.263 e. The summed E-state index contributed by atoms with van der Waals surface area (Å²) >= 11 is 6.11. The monoisotopic (exact) mass is 440 g/mol. The third kappa shape index (κ3) is 5.26. The first-order chi connectivity index (χ1) is 13.8. The number of nitrogens with zero attached hydrogens (tertiary/aromatic N) is 1. The zero-order valence-corrected chi connectivity index (χ0v) is 17.5. The minimum Gasteiger partial charge on any atom is -0.381 e. The Labute approximate surface area is 174 Å². The van der Waals surface area contributed by atoms with Crippen molar-refractivity contribution >= 4 is 33.2 Å². The van der Waals surface area contributed by atoms with Crippen LogP contribution in [-0.2, 0) is 14.8 Å². The number of benzene rings is 2. The van der Waals surface area contributed by atoms with Crippen LogP contribution < -0.4 is 4.72 Å². The van der Waals surface area contributed by atoms with E-state index in [1.165, 1.54) is 30.3 Å². The summed E-state index contributed by atoms with van der Waals surface area (Å²) in [6.07, 6.45) is 0.894. The Morgan fingerprint density at radius 1 is 1.28 bits per heavy atom. The largest absolute Gasteiger partial charge is 0.381 e. The Morgan fingerprint density at radius 3 is 2.62 bits per heavy atom. The van der Waals surface area contributed by atoms with Gasteiger partial charge in [0.25, 0.3) is 15.9 Å². The summed E-state index contributed by atoms with van der Waals surface area (Å²) in [5, 5.41) is -0.0107. The summed E-state index contributed by atoms with van der Waals surface area (Å²) in [4.78, 5) is 14.4. The first-order valence-corrected chi connectivity index (χ1v) is 11.1. The average Bonchev–Trinajstić information content (AvgIpc) is 3.20. The van der Waals surface area contributed by atoms with Gasteiger partial charge in [0.15, 0.2) is 0 Å². The molecule has 1 fully saturated rings. The van der Waals surface area contributed by atoms with E-state index in [1.807, 2.05) is 6.92 Å². The molecule has 0 radical (unpaired) electrons. The lowest BCUT2D eigenvalue weighted by atomic mass is 10.1. The van der Waals surface area contributed by atoms with Crippen LogP contribution in [0, 0.1) is 11.7 Å². The molecule has 2 aromatic carbocycles. The number of hydrogen-bond acceptors (Lipinski definition) is 4. The highest BCUT2D eigenvalue weighted by Gasteiger charge is 2.25. The highest BCUT2D eigenvalue weighted by molar-refractivity contribution is 7.92. The van der Waals surface area contributed by atoms with Crippen LogP contribution in [0.2, 0.25) is 5.02 Å². The molecule has 1 aliphatic heterocycles. The average molecular weight is 441 g/mol. The Bertz CT molecular complexity index is 976. The zero-order valence-electron chi connectivity index (χ0n) is 15.9. The van der Waals surface area contributed by atoms with E-state index in [4.69, 9.17) is 16.3 Å². The highest BCUT2D eigenvalue weighted by atomic mass is 35.5. The smallest absolute Gasteiger partial charge is 0.263 e. The molecule has 1 aliphatic rings. The fraction of sp³-hybridized carbons (Fsp3) is 0.350. The number of halogens is 2. The van der Waals surface area contributed by atoms with Gasteiger partial charge < -0.3 is 9.64 Å². The van der Waals surface area contributed by atoms with Crippen molar-refractivity contribution in [2.24, 2.45) is 5.92 Å². The van der Waals surface area contributed by atoms with Crippen LogP contribution in [0.4, 0.5) is 10.1 Å². The Hall–Kier alpha value is -2.16. The van der Waals surface area contributed by atoms with Gasteiger partial charge in [-0.25, -0.2) is 12.8 Å². The van der Waals surface area contributed by atoms with Crippen LogP contribution in [0.5, 0.6) is 0 Å². The lowest BCUT2D eigenvalue weighted by molar-refractivity contribution is 0.0730. The van der Waals surface area contributed by atoms with Crippen molar-refractivity contribution in [2.75, 3.05) is 31.0 Å². The molecule has 6 nitrogen and oxygen atoms in total. The van der Waals surface area contributed by atoms with E-state index in [-0.39, 0.29) is 33.0 Å². The fourth-order valence-electron chi connectivity index (χ4n) is 3.15. The van der Waals surface area contributed by atoms with Gasteiger partial charge >= 0.3 is 0 Å². The molecule has 3 rings (SSSR count). The molecular formula is C20H22ClFN2O4S. The predicted octanol–water partition coefficient (Wildman–Crippen LogP) is 3.78. The van der Waals surface area contributed by atoms with Crippen molar-refractivity contribution in [1.29, 1.82) is 0 Å². The molecule has 1 heterocycles. The Kier molecular flexibility index (Phi) is 6.77. The highest BCUT2D eigenvalue weighted by Crippen LogP contribution is 2.26. The van der Waals surface area contributed by atoms with Gasteiger partial charge in [-0.3, -0.25) is 9.52 Å². The molecule has 0 bridgehead atoms. The van der Waals surface area contributed by atoms with Gasteiger partial charge in [-0.15, -0.1) is 0 Å². The van der Waals surface area contributed by atoms with E-state index >= 15 is 0 Å². The fourth-order valence-corrected chi connectivity index (χ4v) is 4.73. The van der Waals surface area contributed by atoms with Crippen molar-refractivity contribution < 1.29 is 22.3 Å². The van der Waals surface area contributed by atoms with E-state index < -0.39 is 15.8 Å². The lowest BCUT2D eigenvalue weighted by Gasteiger charge is -2.24. The summed E-state index contributed by atoms with van der Waals surface area (Å²) in [5.41, 5.74) is 0.422. The molecule has 0 aliphatic carbocycles. The second-order valence-corrected chi connectivity index (χ2v) is 8.89. The van der Waals surface area contributed by atoms with Gasteiger partial charge in [0.05, 0.1) is 11.6 Å². The molecule has 9 heteroatoms. The van der Waals surface area contributed by atoms with Crippen molar-refractivity contribution in [3.05, 3.63) is 58.9 Å². The summed E-state index contributed by atoms with van der Waals surface area (Å²) in [5.74, 6) is -0.477. The molecular weight excluding hydrogens is 419 g/mol. The number of carbonyl (C=O) groups is 1. The minimum absolute atomic E-state index is 0.0107. The molecule has 1 atom stereocenters. The van der Waals surface area contributed by atoms with E-state index in [9.17, 15) is 17.6 Å². The third-order valence-corrected chi connectivity index (χ3v) is 6.60. The van der Waals surface area contributed by atoms with Gasteiger partial charge in [0.1, 0.15) is 10.7 Å². The van der Waals surface area contributed by atoms with Crippen LogP contribution in [0.25, 0.3) is 0 Å². The molecule has 1 saturated heterocycles. The molecule has 29 heavy (non-hydrogen) atoms. The first-order valence-electron chi connectivity index (χ1n) is 9.25. The van der Waals surface area contributed by atoms with Crippen LogP contribution in [0.3, 0.4) is 0 Å². The summed E-state index contributed by atoms with van der Waals surface area (Å²) < 4.78 is 46.3. The number of carbonyl (C=O) groups excluding carboxylic acids is 1. The summed E-state index contributed by atoms with van der Waals surface area (Å²) in [6, 6.07) is 9.06. The number of hydrogen-bond donors (Lipinski definition) is 1. The number of anilines is 1. The normalized spacial score (nSPS) is 16.6. The number of amides is 1. The van der Waals surface area contributed by atoms with Crippen LogP contribution in [-0.4, -0.2) is 45.5 Å². The quantitative estimate of drug-likeness (QED) is 0.710. The van der Waals surface area contributed by atoms with Crippen molar-refractivity contribution in [3.63, 3.8) is 0 Å². The van der Waals surface area contributed by atoms with E-state index in [0.717, 1.165) is 18.6 Å². The van der Waals surface area contributed by atoms with Crippen LogP contribution in [0.1, 0.15) is 23.7 Å². The number of sulfonamides is 1. The van der Waals surface area contributed by atoms with Crippen molar-refractivity contribution in [3.8, 4) is 0 Å². The minimum atomic E-state index is -4.06. The second-order valence-electron chi connectivity index (χ2n) is 6.83. The van der Waals surface area contributed by atoms with Crippen LogP contribution in [0.15, 0.2) is 47.4 Å². The molecule has 1 unspecified atom stereocenters. The van der Waals surface area contributed by atoms with E-state index in [0.29, 0.717) is 26.3 Å². The SMILES string of the molecule is CCN(CC1CCOC1)C(=O)c1ccc(Cl)c(S(=O)(=O)Nc2ccc(F)cc2)c1. The number of ether oxygens (including phenoxy) is 1. The zero-order chi connectivity index (χ0) is 21.0. The topological polar surface area (TPSA) is 75.7 Å². The van der Waals surface area contributed by atoms with Crippen molar-refractivity contribution in [1.82, 2.24) is 4.90 Å². The molecule has 1 N–H and O–H groups in total. The van der Waals surface area contributed by atoms with E-state index in [2.05, 4.69) is 4.72 Å². The molecule has 1 amide bonds. The van der Waals surface area contributed by atoms with Crippen LogP contribution >= 0.6 is 11.6 Å². The maximum atomic E-state index is 13.1.